The Kier molecular flexibility index (Phi) is 4.45. The number of hydrogen-bond acceptors (Lipinski definition) is 4. The molecule has 0 bridgehead atoms. The zero-order valence-electron chi connectivity index (χ0n) is 9.98. The lowest BCUT2D eigenvalue weighted by atomic mass is 10.3. The first-order chi connectivity index (χ1) is 7.58. The van der Waals surface area contributed by atoms with Crippen molar-refractivity contribution in [3.8, 4) is 0 Å². The van der Waals surface area contributed by atoms with Gasteiger partial charge in [0, 0.05) is 21.3 Å². The molecule has 0 spiro atoms. The van der Waals surface area contributed by atoms with Crippen LogP contribution in [0.4, 0.5) is 0 Å². The van der Waals surface area contributed by atoms with Crippen LogP contribution < -0.4 is 5.32 Å². The van der Waals surface area contributed by atoms with Crippen LogP contribution in [0.25, 0.3) is 0 Å². The molecule has 0 saturated heterocycles. The topological polar surface area (TPSA) is 65.4 Å². The van der Waals surface area contributed by atoms with Crippen LogP contribution >= 0.6 is 0 Å². The third-order valence-corrected chi connectivity index (χ3v) is 2.19. The molecule has 0 saturated carbocycles. The van der Waals surface area contributed by atoms with Gasteiger partial charge < -0.3 is 14.8 Å². The average molecular weight is 227 g/mol. The summed E-state index contributed by atoms with van der Waals surface area (Å²) < 4.78 is 11.5. The molecular formula is C10H17N3O3. The van der Waals surface area contributed by atoms with E-state index in [0.717, 1.165) is 5.69 Å². The molecule has 6 heteroatoms. The fourth-order valence-electron chi connectivity index (χ4n) is 1.35. The van der Waals surface area contributed by atoms with E-state index in [1.807, 2.05) is 6.92 Å². The van der Waals surface area contributed by atoms with Gasteiger partial charge in [-0.15, -0.1) is 0 Å². The molecule has 0 aliphatic heterocycles. The standard InChI is InChI=1S/C10H17N3O3/c1-7-5-8(13(2)12-7)10(14)11-6-9(15-3)16-4/h5,9H,6H2,1-4H3,(H,11,14). The summed E-state index contributed by atoms with van der Waals surface area (Å²) >= 11 is 0. The minimum Gasteiger partial charge on any atom is -0.354 e. The molecular weight excluding hydrogens is 210 g/mol. The molecule has 0 aromatic carbocycles. The van der Waals surface area contributed by atoms with Crippen molar-refractivity contribution < 1.29 is 14.3 Å². The van der Waals surface area contributed by atoms with Crippen LogP contribution in [0.2, 0.25) is 0 Å². The Labute approximate surface area is 94.5 Å². The fourth-order valence-corrected chi connectivity index (χ4v) is 1.35. The molecule has 0 fully saturated rings. The minimum absolute atomic E-state index is 0.192. The van der Waals surface area contributed by atoms with Crippen LogP contribution in [0, 0.1) is 6.92 Å². The Hall–Kier alpha value is -1.40. The summed E-state index contributed by atoms with van der Waals surface area (Å²) in [6.07, 6.45) is -0.432. The number of amides is 1. The number of methoxy groups -OCH3 is 2. The molecule has 0 aliphatic rings. The van der Waals surface area contributed by atoms with Crippen molar-refractivity contribution in [2.45, 2.75) is 13.2 Å². The second-order valence-corrected chi connectivity index (χ2v) is 3.41. The molecule has 0 atom stereocenters. The highest BCUT2D eigenvalue weighted by molar-refractivity contribution is 5.92. The van der Waals surface area contributed by atoms with Crippen LogP contribution in [0.15, 0.2) is 6.07 Å². The third-order valence-electron chi connectivity index (χ3n) is 2.19. The van der Waals surface area contributed by atoms with Crippen LogP contribution in [-0.4, -0.2) is 42.7 Å². The van der Waals surface area contributed by atoms with Crippen molar-refractivity contribution in [3.05, 3.63) is 17.5 Å². The van der Waals surface area contributed by atoms with Gasteiger partial charge in [0.25, 0.3) is 5.91 Å². The highest BCUT2D eigenvalue weighted by Gasteiger charge is 2.13. The molecule has 16 heavy (non-hydrogen) atoms. The van der Waals surface area contributed by atoms with Crippen molar-refractivity contribution >= 4 is 5.91 Å². The molecule has 6 nitrogen and oxygen atoms in total. The SMILES string of the molecule is COC(CNC(=O)c1cc(C)nn1C)OC. The summed E-state index contributed by atoms with van der Waals surface area (Å²) in [6, 6.07) is 1.73. The minimum atomic E-state index is -0.432. The van der Waals surface area contributed by atoms with Gasteiger partial charge in [0.15, 0.2) is 6.29 Å². The quantitative estimate of drug-likeness (QED) is 0.723. The van der Waals surface area contributed by atoms with E-state index in [-0.39, 0.29) is 5.91 Å². The second-order valence-electron chi connectivity index (χ2n) is 3.41. The Morgan fingerprint density at radius 3 is 2.62 bits per heavy atom. The number of carbonyl (C=O) groups is 1. The molecule has 1 aromatic heterocycles. The molecule has 0 aliphatic carbocycles. The third kappa shape index (κ3) is 3.04. The summed E-state index contributed by atoms with van der Waals surface area (Å²) in [6.45, 7) is 2.14. The largest absolute Gasteiger partial charge is 0.354 e. The second kappa shape index (κ2) is 5.62. The zero-order chi connectivity index (χ0) is 12.1. The molecule has 90 valence electrons. The van der Waals surface area contributed by atoms with E-state index in [0.29, 0.717) is 12.2 Å². The maximum absolute atomic E-state index is 11.7. The van der Waals surface area contributed by atoms with E-state index in [2.05, 4.69) is 10.4 Å². The Morgan fingerprint density at radius 1 is 1.56 bits per heavy atom. The van der Waals surface area contributed by atoms with Gasteiger partial charge in [-0.1, -0.05) is 0 Å². The van der Waals surface area contributed by atoms with E-state index in [1.54, 1.807) is 17.8 Å². The van der Waals surface area contributed by atoms with Crippen molar-refractivity contribution in [1.82, 2.24) is 15.1 Å². The number of aromatic nitrogens is 2. The molecule has 1 amide bonds. The number of carbonyl (C=O) groups excluding carboxylic acids is 1. The number of aryl methyl sites for hydroxylation is 2. The van der Waals surface area contributed by atoms with Crippen molar-refractivity contribution in [2.75, 3.05) is 20.8 Å². The first kappa shape index (κ1) is 12.7. The molecule has 1 N–H and O–H groups in total. The lowest BCUT2D eigenvalue weighted by molar-refractivity contribution is -0.0974. The predicted molar refractivity (Wildman–Crippen MR) is 58.1 cm³/mol. The highest BCUT2D eigenvalue weighted by Crippen LogP contribution is 2.01. The van der Waals surface area contributed by atoms with Gasteiger partial charge in [0.05, 0.1) is 12.2 Å². The van der Waals surface area contributed by atoms with Gasteiger partial charge in [0.1, 0.15) is 5.69 Å². The number of rotatable bonds is 5. The number of nitrogens with zero attached hydrogens (tertiary/aromatic N) is 2. The Morgan fingerprint density at radius 2 is 2.19 bits per heavy atom. The van der Waals surface area contributed by atoms with Gasteiger partial charge in [-0.2, -0.15) is 5.10 Å². The van der Waals surface area contributed by atoms with Gasteiger partial charge >= 0.3 is 0 Å². The van der Waals surface area contributed by atoms with Gasteiger partial charge in [-0.3, -0.25) is 9.48 Å². The first-order valence-corrected chi connectivity index (χ1v) is 4.93. The molecule has 1 rings (SSSR count). The molecule has 1 aromatic rings. The van der Waals surface area contributed by atoms with E-state index in [1.165, 1.54) is 14.2 Å². The summed E-state index contributed by atoms with van der Waals surface area (Å²) in [4.78, 5) is 11.7. The van der Waals surface area contributed by atoms with Crippen LogP contribution in [0.3, 0.4) is 0 Å². The van der Waals surface area contributed by atoms with Crippen LogP contribution in [-0.2, 0) is 16.5 Å². The zero-order valence-corrected chi connectivity index (χ0v) is 9.98. The summed E-state index contributed by atoms with van der Waals surface area (Å²) in [5.74, 6) is -0.192. The lowest BCUT2D eigenvalue weighted by Gasteiger charge is -2.13. The summed E-state index contributed by atoms with van der Waals surface area (Å²) in [7, 11) is 4.77. The molecule has 1 heterocycles. The van der Waals surface area contributed by atoms with E-state index in [4.69, 9.17) is 9.47 Å². The average Bonchev–Trinajstić information content (AvgIpc) is 2.59. The van der Waals surface area contributed by atoms with Gasteiger partial charge in [0.2, 0.25) is 0 Å². The van der Waals surface area contributed by atoms with Crippen molar-refractivity contribution in [2.24, 2.45) is 7.05 Å². The first-order valence-electron chi connectivity index (χ1n) is 4.93. The Balaban J connectivity index is 2.56. The van der Waals surface area contributed by atoms with Crippen LogP contribution in [0.1, 0.15) is 16.2 Å². The lowest BCUT2D eigenvalue weighted by Crippen LogP contribution is -2.35. The van der Waals surface area contributed by atoms with Gasteiger partial charge in [-0.05, 0) is 13.0 Å². The summed E-state index contributed by atoms with van der Waals surface area (Å²) in [5.41, 5.74) is 1.33. The fraction of sp³-hybridized carbons (Fsp3) is 0.600. The Bertz CT molecular complexity index is 358. The van der Waals surface area contributed by atoms with Crippen molar-refractivity contribution in [3.63, 3.8) is 0 Å². The van der Waals surface area contributed by atoms with Gasteiger partial charge in [-0.25, -0.2) is 0 Å². The number of hydrogen-bond donors (Lipinski definition) is 1. The maximum atomic E-state index is 11.7. The summed E-state index contributed by atoms with van der Waals surface area (Å²) in [5, 5.41) is 6.80. The van der Waals surface area contributed by atoms with E-state index in [9.17, 15) is 4.79 Å². The number of nitrogens with one attached hydrogen (secondary N) is 1. The molecule has 0 unspecified atom stereocenters. The molecule has 0 radical (unpaired) electrons. The van der Waals surface area contributed by atoms with Crippen molar-refractivity contribution in [1.29, 1.82) is 0 Å². The van der Waals surface area contributed by atoms with E-state index >= 15 is 0 Å². The monoisotopic (exact) mass is 227 g/mol. The normalized spacial score (nSPS) is 10.8. The van der Waals surface area contributed by atoms with E-state index < -0.39 is 6.29 Å². The van der Waals surface area contributed by atoms with Crippen LogP contribution in [0.5, 0.6) is 0 Å². The maximum Gasteiger partial charge on any atom is 0.269 e. The predicted octanol–water partition coefficient (Wildman–Crippen LogP) is 0.0772. The smallest absolute Gasteiger partial charge is 0.269 e. The number of ether oxygens (including phenoxy) is 2. The highest BCUT2D eigenvalue weighted by atomic mass is 16.7.